The summed E-state index contributed by atoms with van der Waals surface area (Å²) in [6, 6.07) is 12.2. The normalized spacial score (nSPS) is 11.2. The van der Waals surface area contributed by atoms with Crippen LogP contribution in [0, 0.1) is 11.7 Å². The van der Waals surface area contributed by atoms with Crippen molar-refractivity contribution in [2.45, 2.75) is 20.3 Å². The average molecular weight is 351 g/mol. The quantitative estimate of drug-likeness (QED) is 0.689. The summed E-state index contributed by atoms with van der Waals surface area (Å²) < 4.78 is 14.2. The average Bonchev–Trinajstić information content (AvgIpc) is 2.60. The van der Waals surface area contributed by atoms with Gasteiger partial charge in [-0.25, -0.2) is 14.4 Å². The first-order chi connectivity index (χ1) is 12.4. The molecule has 26 heavy (non-hydrogen) atoms. The van der Waals surface area contributed by atoms with Crippen LogP contribution >= 0.6 is 0 Å². The van der Waals surface area contributed by atoms with Crippen molar-refractivity contribution in [3.63, 3.8) is 0 Å². The van der Waals surface area contributed by atoms with E-state index in [2.05, 4.69) is 9.97 Å². The van der Waals surface area contributed by atoms with Gasteiger partial charge in [-0.15, -0.1) is 0 Å². The zero-order valence-electron chi connectivity index (χ0n) is 15.5. The van der Waals surface area contributed by atoms with E-state index in [1.807, 2.05) is 51.0 Å². The van der Waals surface area contributed by atoms with E-state index in [-0.39, 0.29) is 17.5 Å². The Labute approximate surface area is 152 Å². The second-order valence-corrected chi connectivity index (χ2v) is 6.89. The molecule has 0 spiro atoms. The van der Waals surface area contributed by atoms with Gasteiger partial charge in [0.2, 0.25) is 0 Å². The molecule has 1 heterocycles. The van der Waals surface area contributed by atoms with E-state index in [1.54, 1.807) is 18.2 Å². The molecule has 0 aliphatic rings. The first-order valence-electron chi connectivity index (χ1n) is 8.62. The summed E-state index contributed by atoms with van der Waals surface area (Å²) in [5, 5.41) is 0.871. The van der Waals surface area contributed by atoms with Gasteiger partial charge in [-0.3, -0.25) is 4.79 Å². The predicted molar refractivity (Wildman–Crippen MR) is 103 cm³/mol. The smallest absolute Gasteiger partial charge is 0.165 e. The Morgan fingerprint density at radius 1 is 1.12 bits per heavy atom. The number of aromatic nitrogens is 2. The summed E-state index contributed by atoms with van der Waals surface area (Å²) in [6.45, 7) is 3.79. The van der Waals surface area contributed by atoms with Crippen LogP contribution in [0.2, 0.25) is 0 Å². The van der Waals surface area contributed by atoms with Crippen LogP contribution in [0.15, 0.2) is 42.5 Å². The predicted octanol–water partition coefficient (Wildman–Crippen LogP) is 4.27. The molecule has 0 saturated heterocycles. The number of halogens is 1. The highest BCUT2D eigenvalue weighted by atomic mass is 19.1. The van der Waals surface area contributed by atoms with Crippen molar-refractivity contribution in [1.82, 2.24) is 9.97 Å². The van der Waals surface area contributed by atoms with Gasteiger partial charge in [0.15, 0.2) is 5.82 Å². The van der Waals surface area contributed by atoms with E-state index < -0.39 is 0 Å². The van der Waals surface area contributed by atoms with Crippen molar-refractivity contribution in [2.24, 2.45) is 5.92 Å². The Balaban J connectivity index is 2.16. The number of ketones is 1. The molecule has 0 aliphatic carbocycles. The number of carbonyl (C=O) groups excluding carboxylic acids is 1. The lowest BCUT2D eigenvalue weighted by Gasteiger charge is -2.16. The fourth-order valence-electron chi connectivity index (χ4n) is 2.78. The largest absolute Gasteiger partial charge is 0.362 e. The minimum Gasteiger partial charge on any atom is -0.362 e. The molecule has 0 unspecified atom stereocenters. The monoisotopic (exact) mass is 351 g/mol. The molecule has 134 valence electrons. The molecule has 0 fully saturated rings. The Bertz CT molecular complexity index is 967. The van der Waals surface area contributed by atoms with Crippen molar-refractivity contribution >= 4 is 22.5 Å². The van der Waals surface area contributed by atoms with Gasteiger partial charge in [0, 0.05) is 31.8 Å². The third kappa shape index (κ3) is 3.57. The van der Waals surface area contributed by atoms with E-state index in [9.17, 15) is 9.18 Å². The van der Waals surface area contributed by atoms with Crippen LogP contribution in [-0.4, -0.2) is 29.8 Å². The zero-order valence-corrected chi connectivity index (χ0v) is 15.5. The molecule has 3 rings (SSSR count). The lowest BCUT2D eigenvalue weighted by Crippen LogP contribution is -2.13. The van der Waals surface area contributed by atoms with Crippen LogP contribution in [0.3, 0.4) is 0 Å². The number of benzene rings is 2. The van der Waals surface area contributed by atoms with Gasteiger partial charge in [0.1, 0.15) is 17.4 Å². The summed E-state index contributed by atoms with van der Waals surface area (Å²) in [7, 11) is 3.78. The van der Waals surface area contributed by atoms with E-state index in [4.69, 9.17) is 0 Å². The molecule has 0 N–H and O–H groups in total. The third-order valence-corrected chi connectivity index (χ3v) is 4.30. The van der Waals surface area contributed by atoms with E-state index in [0.29, 0.717) is 23.3 Å². The van der Waals surface area contributed by atoms with E-state index >= 15 is 0 Å². The number of rotatable bonds is 5. The highest BCUT2D eigenvalue weighted by molar-refractivity contribution is 5.92. The SMILES string of the molecule is CC(C)C(=O)Cc1ccc2c(N(C)C)nc(-c3ccccc3F)nc2c1. The number of hydrogen-bond acceptors (Lipinski definition) is 4. The highest BCUT2D eigenvalue weighted by Gasteiger charge is 2.15. The number of hydrogen-bond donors (Lipinski definition) is 0. The summed E-state index contributed by atoms with van der Waals surface area (Å²) in [5.41, 5.74) is 1.97. The topological polar surface area (TPSA) is 46.1 Å². The van der Waals surface area contributed by atoms with Gasteiger partial charge in [-0.2, -0.15) is 0 Å². The number of fused-ring (bicyclic) bond motifs is 1. The first-order valence-corrected chi connectivity index (χ1v) is 8.62. The molecule has 5 heteroatoms. The third-order valence-electron chi connectivity index (χ3n) is 4.30. The molecular weight excluding hydrogens is 329 g/mol. The van der Waals surface area contributed by atoms with Gasteiger partial charge in [0.05, 0.1) is 11.1 Å². The van der Waals surface area contributed by atoms with Crippen molar-refractivity contribution in [3.8, 4) is 11.4 Å². The zero-order chi connectivity index (χ0) is 18.8. The van der Waals surface area contributed by atoms with Crippen LogP contribution in [0.1, 0.15) is 19.4 Å². The van der Waals surface area contributed by atoms with Gasteiger partial charge in [-0.05, 0) is 29.8 Å². The Morgan fingerprint density at radius 3 is 2.50 bits per heavy atom. The molecule has 0 bridgehead atoms. The molecule has 1 aromatic heterocycles. The molecule has 3 aromatic rings. The molecule has 0 atom stereocenters. The minimum absolute atomic E-state index is 0.0117. The maximum Gasteiger partial charge on any atom is 0.165 e. The van der Waals surface area contributed by atoms with Gasteiger partial charge < -0.3 is 4.90 Å². The van der Waals surface area contributed by atoms with Crippen molar-refractivity contribution in [2.75, 3.05) is 19.0 Å². The fraction of sp³-hybridized carbons (Fsp3) is 0.286. The number of Topliss-reactive ketones (excluding diaryl/α,β-unsaturated/α-hetero) is 1. The highest BCUT2D eigenvalue weighted by Crippen LogP contribution is 2.28. The maximum absolute atomic E-state index is 14.2. The lowest BCUT2D eigenvalue weighted by molar-refractivity contribution is -0.121. The minimum atomic E-state index is -0.359. The summed E-state index contributed by atoms with van der Waals surface area (Å²) in [5.74, 6) is 0.868. The van der Waals surface area contributed by atoms with Gasteiger partial charge in [-0.1, -0.05) is 32.0 Å². The van der Waals surface area contributed by atoms with Crippen molar-refractivity contribution < 1.29 is 9.18 Å². The molecule has 2 aromatic carbocycles. The number of carbonyl (C=O) groups is 1. The second-order valence-electron chi connectivity index (χ2n) is 6.89. The molecule has 0 radical (unpaired) electrons. The second kappa shape index (κ2) is 7.20. The summed E-state index contributed by atoms with van der Waals surface area (Å²) in [4.78, 5) is 23.1. The number of nitrogens with zero attached hydrogens (tertiary/aromatic N) is 3. The molecular formula is C21H22FN3O. The van der Waals surface area contributed by atoms with Crippen LogP contribution < -0.4 is 4.90 Å². The Hall–Kier alpha value is -2.82. The van der Waals surface area contributed by atoms with Crippen LogP contribution in [0.25, 0.3) is 22.3 Å². The summed E-state index contributed by atoms with van der Waals surface area (Å²) >= 11 is 0. The first kappa shape index (κ1) is 18.0. The van der Waals surface area contributed by atoms with Gasteiger partial charge >= 0.3 is 0 Å². The molecule has 0 aliphatic heterocycles. The van der Waals surface area contributed by atoms with E-state index in [1.165, 1.54) is 6.07 Å². The Kier molecular flexibility index (Phi) is 4.98. The van der Waals surface area contributed by atoms with Crippen LogP contribution in [0.4, 0.5) is 10.2 Å². The van der Waals surface area contributed by atoms with Crippen molar-refractivity contribution in [1.29, 1.82) is 0 Å². The number of anilines is 1. The van der Waals surface area contributed by atoms with Crippen LogP contribution in [-0.2, 0) is 11.2 Å². The maximum atomic E-state index is 14.2. The Morgan fingerprint density at radius 2 is 1.85 bits per heavy atom. The lowest BCUT2D eigenvalue weighted by atomic mass is 10.00. The van der Waals surface area contributed by atoms with E-state index in [0.717, 1.165) is 16.8 Å². The van der Waals surface area contributed by atoms with Crippen LogP contribution in [0.5, 0.6) is 0 Å². The standard InChI is InChI=1S/C21H22FN3O/c1-13(2)19(26)12-14-9-10-16-18(11-14)23-20(24-21(16)25(3)4)15-7-5-6-8-17(15)22/h5-11,13H,12H2,1-4H3. The molecule has 4 nitrogen and oxygen atoms in total. The summed E-state index contributed by atoms with van der Waals surface area (Å²) in [6.07, 6.45) is 0.365. The fourth-order valence-corrected chi connectivity index (χ4v) is 2.78. The van der Waals surface area contributed by atoms with Gasteiger partial charge in [0.25, 0.3) is 0 Å². The molecule has 0 amide bonds. The van der Waals surface area contributed by atoms with Crippen molar-refractivity contribution in [3.05, 3.63) is 53.8 Å². The molecule has 0 saturated carbocycles.